The zero-order chi connectivity index (χ0) is 19.1. The summed E-state index contributed by atoms with van der Waals surface area (Å²) in [6, 6.07) is 15.5. The minimum atomic E-state index is 0.0595. The van der Waals surface area contributed by atoms with Crippen molar-refractivity contribution in [2.45, 2.75) is 26.2 Å². The van der Waals surface area contributed by atoms with Crippen LogP contribution in [0, 0.1) is 0 Å². The predicted octanol–water partition coefficient (Wildman–Crippen LogP) is 5.69. The Morgan fingerprint density at radius 1 is 1.07 bits per heavy atom. The van der Waals surface area contributed by atoms with E-state index in [2.05, 4.69) is 22.5 Å². The molecule has 0 unspecified atom stereocenters. The molecule has 0 saturated heterocycles. The highest BCUT2D eigenvalue weighted by atomic mass is 32.1. The summed E-state index contributed by atoms with van der Waals surface area (Å²) in [7, 11) is 1.65. The van der Waals surface area contributed by atoms with Gasteiger partial charge in [0.05, 0.1) is 12.8 Å². The van der Waals surface area contributed by atoms with Crippen LogP contribution in [0.2, 0.25) is 0 Å². The van der Waals surface area contributed by atoms with Gasteiger partial charge in [-0.1, -0.05) is 25.5 Å². The number of ether oxygens (including phenoxy) is 1. The van der Waals surface area contributed by atoms with E-state index in [4.69, 9.17) is 4.74 Å². The summed E-state index contributed by atoms with van der Waals surface area (Å²) in [5.74, 6) is 0.881. The zero-order valence-corrected chi connectivity index (χ0v) is 16.3. The number of benzene rings is 2. The number of thiazole rings is 1. The SMILES string of the molecule is CCCCC(=O)Nc1ccc(-c2csc(Nc3ccc(OC)cc3)n2)cc1. The maximum absolute atomic E-state index is 11.8. The lowest BCUT2D eigenvalue weighted by molar-refractivity contribution is -0.116. The van der Waals surface area contributed by atoms with E-state index < -0.39 is 0 Å². The van der Waals surface area contributed by atoms with Gasteiger partial charge in [0.15, 0.2) is 5.13 Å². The molecule has 6 heteroatoms. The molecule has 3 aromatic rings. The number of carbonyl (C=O) groups is 1. The van der Waals surface area contributed by atoms with Gasteiger partial charge in [-0.3, -0.25) is 4.79 Å². The number of hydrogen-bond acceptors (Lipinski definition) is 5. The average molecular weight is 382 g/mol. The molecule has 1 aromatic heterocycles. The smallest absolute Gasteiger partial charge is 0.224 e. The summed E-state index contributed by atoms with van der Waals surface area (Å²) in [5, 5.41) is 9.06. The van der Waals surface area contributed by atoms with Crippen molar-refractivity contribution in [3.05, 3.63) is 53.9 Å². The molecule has 0 aliphatic carbocycles. The molecule has 0 atom stereocenters. The van der Waals surface area contributed by atoms with Gasteiger partial charge < -0.3 is 15.4 Å². The maximum atomic E-state index is 11.8. The van der Waals surface area contributed by atoms with Crippen LogP contribution in [0.3, 0.4) is 0 Å². The highest BCUT2D eigenvalue weighted by molar-refractivity contribution is 7.14. The summed E-state index contributed by atoms with van der Waals surface area (Å²) in [5.41, 5.74) is 3.69. The Morgan fingerprint density at radius 2 is 1.78 bits per heavy atom. The first-order valence-corrected chi connectivity index (χ1v) is 9.83. The van der Waals surface area contributed by atoms with Crippen molar-refractivity contribution >= 4 is 33.8 Å². The van der Waals surface area contributed by atoms with Crippen LogP contribution < -0.4 is 15.4 Å². The number of amides is 1. The highest BCUT2D eigenvalue weighted by Crippen LogP contribution is 2.28. The maximum Gasteiger partial charge on any atom is 0.224 e. The number of unbranched alkanes of at least 4 members (excludes halogenated alkanes) is 1. The second kappa shape index (κ2) is 9.19. The third-order valence-corrected chi connectivity index (χ3v) is 4.83. The fourth-order valence-electron chi connectivity index (χ4n) is 2.55. The second-order valence-corrected chi connectivity index (χ2v) is 6.98. The number of nitrogens with zero attached hydrogens (tertiary/aromatic N) is 1. The molecule has 0 spiro atoms. The molecular formula is C21H23N3O2S. The van der Waals surface area contributed by atoms with Gasteiger partial charge in [0.1, 0.15) is 5.75 Å². The molecule has 0 saturated carbocycles. The summed E-state index contributed by atoms with van der Waals surface area (Å²) in [6.45, 7) is 2.08. The molecule has 1 heterocycles. The minimum absolute atomic E-state index is 0.0595. The fourth-order valence-corrected chi connectivity index (χ4v) is 3.29. The zero-order valence-electron chi connectivity index (χ0n) is 15.5. The predicted molar refractivity (Wildman–Crippen MR) is 112 cm³/mol. The topological polar surface area (TPSA) is 63.2 Å². The third-order valence-electron chi connectivity index (χ3n) is 4.07. The lowest BCUT2D eigenvalue weighted by atomic mass is 10.1. The first kappa shape index (κ1) is 18.9. The van der Waals surface area contributed by atoms with Crippen LogP contribution >= 0.6 is 11.3 Å². The van der Waals surface area contributed by atoms with Gasteiger partial charge in [-0.05, 0) is 42.8 Å². The van der Waals surface area contributed by atoms with Gasteiger partial charge in [0.2, 0.25) is 5.91 Å². The lowest BCUT2D eigenvalue weighted by Crippen LogP contribution is -2.10. The highest BCUT2D eigenvalue weighted by Gasteiger charge is 2.07. The molecule has 2 aromatic carbocycles. The van der Waals surface area contributed by atoms with Crippen molar-refractivity contribution < 1.29 is 9.53 Å². The Hall–Kier alpha value is -2.86. The molecule has 0 aliphatic heterocycles. The fraction of sp³-hybridized carbons (Fsp3) is 0.238. The number of carbonyl (C=O) groups excluding carboxylic acids is 1. The summed E-state index contributed by atoms with van der Waals surface area (Å²) in [4.78, 5) is 16.4. The second-order valence-electron chi connectivity index (χ2n) is 6.12. The normalized spacial score (nSPS) is 10.4. The average Bonchev–Trinajstić information content (AvgIpc) is 3.16. The van der Waals surface area contributed by atoms with E-state index in [0.717, 1.165) is 46.4 Å². The van der Waals surface area contributed by atoms with E-state index in [-0.39, 0.29) is 5.91 Å². The molecular weight excluding hydrogens is 358 g/mol. The van der Waals surface area contributed by atoms with Gasteiger partial charge in [-0.2, -0.15) is 0 Å². The van der Waals surface area contributed by atoms with E-state index in [9.17, 15) is 4.79 Å². The summed E-state index contributed by atoms with van der Waals surface area (Å²) in [6.07, 6.45) is 2.49. The van der Waals surface area contributed by atoms with Crippen LogP contribution in [0.1, 0.15) is 26.2 Å². The molecule has 0 fully saturated rings. The van der Waals surface area contributed by atoms with Crippen molar-refractivity contribution in [3.63, 3.8) is 0 Å². The van der Waals surface area contributed by atoms with E-state index in [0.29, 0.717) is 6.42 Å². The van der Waals surface area contributed by atoms with Gasteiger partial charge in [-0.25, -0.2) is 4.98 Å². The number of anilines is 3. The number of aromatic nitrogens is 1. The molecule has 2 N–H and O–H groups in total. The van der Waals surface area contributed by atoms with Crippen LogP contribution in [0.5, 0.6) is 5.75 Å². The molecule has 5 nitrogen and oxygen atoms in total. The molecule has 140 valence electrons. The number of rotatable bonds is 8. The van der Waals surface area contributed by atoms with Crippen molar-refractivity contribution in [3.8, 4) is 17.0 Å². The number of nitrogens with one attached hydrogen (secondary N) is 2. The van der Waals surface area contributed by atoms with Crippen molar-refractivity contribution in [1.29, 1.82) is 0 Å². The third kappa shape index (κ3) is 5.31. The van der Waals surface area contributed by atoms with Crippen LogP contribution in [0.15, 0.2) is 53.9 Å². The largest absolute Gasteiger partial charge is 0.497 e. The first-order chi connectivity index (χ1) is 13.2. The van der Waals surface area contributed by atoms with Gasteiger partial charge in [0, 0.05) is 28.7 Å². The van der Waals surface area contributed by atoms with Crippen molar-refractivity contribution in [2.75, 3.05) is 17.7 Å². The summed E-state index contributed by atoms with van der Waals surface area (Å²) < 4.78 is 5.17. The Bertz CT molecular complexity index is 873. The molecule has 0 aliphatic rings. The Balaban J connectivity index is 1.62. The van der Waals surface area contributed by atoms with E-state index in [1.165, 1.54) is 0 Å². The summed E-state index contributed by atoms with van der Waals surface area (Å²) >= 11 is 1.55. The quantitative estimate of drug-likeness (QED) is 0.526. The van der Waals surface area contributed by atoms with E-state index >= 15 is 0 Å². The Morgan fingerprint density at radius 3 is 2.44 bits per heavy atom. The molecule has 1 amide bonds. The van der Waals surface area contributed by atoms with Crippen molar-refractivity contribution in [1.82, 2.24) is 4.98 Å². The number of methoxy groups -OCH3 is 1. The van der Waals surface area contributed by atoms with Crippen LogP contribution in [0.25, 0.3) is 11.3 Å². The first-order valence-electron chi connectivity index (χ1n) is 8.95. The van der Waals surface area contributed by atoms with E-state index in [1.807, 2.05) is 53.9 Å². The van der Waals surface area contributed by atoms with Gasteiger partial charge >= 0.3 is 0 Å². The van der Waals surface area contributed by atoms with Crippen LogP contribution in [-0.4, -0.2) is 18.0 Å². The van der Waals surface area contributed by atoms with E-state index in [1.54, 1.807) is 18.4 Å². The standard InChI is InChI=1S/C21H23N3O2S/c1-3-4-5-20(25)22-16-8-6-15(7-9-16)19-14-27-21(24-19)23-17-10-12-18(26-2)13-11-17/h6-14H,3-5H2,1-2H3,(H,22,25)(H,23,24). The van der Waals surface area contributed by atoms with Crippen LogP contribution in [-0.2, 0) is 4.79 Å². The number of hydrogen-bond donors (Lipinski definition) is 2. The molecule has 3 rings (SSSR count). The Labute approximate surface area is 163 Å². The monoisotopic (exact) mass is 381 g/mol. The minimum Gasteiger partial charge on any atom is -0.497 e. The Kier molecular flexibility index (Phi) is 6.44. The molecule has 0 radical (unpaired) electrons. The van der Waals surface area contributed by atoms with Crippen LogP contribution in [0.4, 0.5) is 16.5 Å². The molecule has 27 heavy (non-hydrogen) atoms. The van der Waals surface area contributed by atoms with Gasteiger partial charge in [-0.15, -0.1) is 11.3 Å². The lowest BCUT2D eigenvalue weighted by Gasteiger charge is -2.05. The molecule has 0 bridgehead atoms. The van der Waals surface area contributed by atoms with Gasteiger partial charge in [0.25, 0.3) is 0 Å². The van der Waals surface area contributed by atoms with Crippen molar-refractivity contribution in [2.24, 2.45) is 0 Å².